The number of aromatic amines is 1. The van der Waals surface area contributed by atoms with Gasteiger partial charge in [-0.15, -0.1) is 6.58 Å². The average molecular weight is 332 g/mol. The molecule has 0 unspecified atom stereocenters. The Morgan fingerprint density at radius 2 is 2.17 bits per heavy atom. The summed E-state index contributed by atoms with van der Waals surface area (Å²) in [5.41, 5.74) is -0.0560. The SMILES string of the molecule is C=CCc1cnc(OC)c2c(=O)[nH]c(NC(=O)OC(C)(C)C)nc12. The standard InChI is InChI=1S/C16H20N4O4/c1-6-7-9-8-17-13(23-5)10-11(9)18-14(19-12(10)21)20-15(22)24-16(2,3)4/h6,8H,1,7H2,2-5H3,(H2,18,19,20,21,22). The van der Waals surface area contributed by atoms with Gasteiger partial charge in [-0.25, -0.2) is 14.8 Å². The minimum Gasteiger partial charge on any atom is -0.480 e. The Morgan fingerprint density at radius 1 is 1.46 bits per heavy atom. The lowest BCUT2D eigenvalue weighted by molar-refractivity contribution is 0.0634. The number of amides is 1. The summed E-state index contributed by atoms with van der Waals surface area (Å²) in [6.45, 7) is 8.89. The van der Waals surface area contributed by atoms with Gasteiger partial charge in [0, 0.05) is 11.8 Å². The normalized spacial score (nSPS) is 11.2. The molecule has 2 aromatic heterocycles. The molecule has 1 amide bonds. The first kappa shape index (κ1) is 17.5. The average Bonchev–Trinajstić information content (AvgIpc) is 2.46. The van der Waals surface area contributed by atoms with E-state index in [1.54, 1.807) is 33.0 Å². The fourth-order valence-corrected chi connectivity index (χ4v) is 2.09. The fraction of sp³-hybridized carbons (Fsp3) is 0.375. The summed E-state index contributed by atoms with van der Waals surface area (Å²) in [7, 11) is 1.42. The van der Waals surface area contributed by atoms with Crippen LogP contribution in [-0.2, 0) is 11.2 Å². The van der Waals surface area contributed by atoms with Crippen molar-refractivity contribution in [3.8, 4) is 5.88 Å². The summed E-state index contributed by atoms with van der Waals surface area (Å²) in [5.74, 6) is 0.149. The minimum atomic E-state index is -0.712. The highest BCUT2D eigenvalue weighted by molar-refractivity contribution is 5.88. The molecule has 8 nitrogen and oxygen atoms in total. The number of hydrogen-bond acceptors (Lipinski definition) is 6. The first-order chi connectivity index (χ1) is 11.2. The quantitative estimate of drug-likeness (QED) is 0.833. The molecule has 24 heavy (non-hydrogen) atoms. The second-order valence-electron chi connectivity index (χ2n) is 6.05. The van der Waals surface area contributed by atoms with E-state index in [1.807, 2.05) is 0 Å². The molecule has 2 N–H and O–H groups in total. The molecule has 128 valence electrons. The minimum absolute atomic E-state index is 0.0136. The van der Waals surface area contributed by atoms with Gasteiger partial charge in [0.25, 0.3) is 5.56 Å². The molecule has 0 radical (unpaired) electrons. The molecule has 0 aliphatic heterocycles. The van der Waals surface area contributed by atoms with Gasteiger partial charge in [0.05, 0.1) is 12.6 Å². The summed E-state index contributed by atoms with van der Waals surface area (Å²) >= 11 is 0. The van der Waals surface area contributed by atoms with Gasteiger partial charge in [-0.2, -0.15) is 0 Å². The third-order valence-corrected chi connectivity index (χ3v) is 2.95. The zero-order valence-corrected chi connectivity index (χ0v) is 14.1. The first-order valence-electron chi connectivity index (χ1n) is 7.32. The van der Waals surface area contributed by atoms with E-state index >= 15 is 0 Å². The number of nitrogens with zero attached hydrogens (tertiary/aromatic N) is 2. The zero-order chi connectivity index (χ0) is 17.9. The molecule has 0 bridgehead atoms. The topological polar surface area (TPSA) is 106 Å². The maximum Gasteiger partial charge on any atom is 0.414 e. The molecule has 2 aromatic rings. The van der Waals surface area contributed by atoms with Gasteiger partial charge in [0.1, 0.15) is 11.0 Å². The first-order valence-corrected chi connectivity index (χ1v) is 7.32. The lowest BCUT2D eigenvalue weighted by Gasteiger charge is -2.19. The Labute approximate surface area is 138 Å². The van der Waals surface area contributed by atoms with Gasteiger partial charge < -0.3 is 9.47 Å². The Hall–Kier alpha value is -2.90. The van der Waals surface area contributed by atoms with Crippen molar-refractivity contribution >= 4 is 22.9 Å². The molecule has 2 heterocycles. The van der Waals surface area contributed by atoms with Crippen molar-refractivity contribution < 1.29 is 14.3 Å². The molecule has 0 saturated heterocycles. The van der Waals surface area contributed by atoms with Crippen molar-refractivity contribution in [2.24, 2.45) is 0 Å². The van der Waals surface area contributed by atoms with E-state index in [1.165, 1.54) is 7.11 Å². The zero-order valence-electron chi connectivity index (χ0n) is 14.1. The van der Waals surface area contributed by atoms with Crippen LogP contribution in [0, 0.1) is 0 Å². The second kappa shape index (κ2) is 6.69. The summed E-state index contributed by atoms with van der Waals surface area (Å²) in [6.07, 6.45) is 2.99. The van der Waals surface area contributed by atoms with Crippen LogP contribution in [0.3, 0.4) is 0 Å². The molecule has 0 aliphatic carbocycles. The number of aromatic nitrogens is 3. The van der Waals surface area contributed by atoms with E-state index in [4.69, 9.17) is 9.47 Å². The van der Waals surface area contributed by atoms with Gasteiger partial charge in [-0.3, -0.25) is 15.1 Å². The van der Waals surface area contributed by atoms with E-state index in [0.717, 1.165) is 0 Å². The van der Waals surface area contributed by atoms with Crippen LogP contribution in [-0.4, -0.2) is 33.8 Å². The summed E-state index contributed by atoms with van der Waals surface area (Å²) in [6, 6.07) is 0. The molecule has 2 rings (SSSR count). The number of allylic oxidation sites excluding steroid dienone is 1. The fourth-order valence-electron chi connectivity index (χ4n) is 2.09. The number of methoxy groups -OCH3 is 1. The van der Waals surface area contributed by atoms with Gasteiger partial charge >= 0.3 is 6.09 Å². The number of hydrogen-bond donors (Lipinski definition) is 2. The lowest BCUT2D eigenvalue weighted by Crippen LogP contribution is -2.28. The number of H-pyrrole nitrogens is 1. The highest BCUT2D eigenvalue weighted by Crippen LogP contribution is 2.22. The van der Waals surface area contributed by atoms with Crippen LogP contribution >= 0.6 is 0 Å². The summed E-state index contributed by atoms with van der Waals surface area (Å²) in [4.78, 5) is 35.1. The highest BCUT2D eigenvalue weighted by atomic mass is 16.6. The molecule has 0 fully saturated rings. The maximum atomic E-state index is 12.4. The number of ether oxygens (including phenoxy) is 2. The molecule has 0 atom stereocenters. The van der Waals surface area contributed by atoms with Crippen molar-refractivity contribution in [3.63, 3.8) is 0 Å². The van der Waals surface area contributed by atoms with Gasteiger partial charge in [-0.1, -0.05) is 6.08 Å². The van der Waals surface area contributed by atoms with Crippen molar-refractivity contribution in [2.75, 3.05) is 12.4 Å². The van der Waals surface area contributed by atoms with Crippen LogP contribution in [0.1, 0.15) is 26.3 Å². The van der Waals surface area contributed by atoms with Crippen LogP contribution in [0.25, 0.3) is 10.9 Å². The van der Waals surface area contributed by atoms with Crippen molar-refractivity contribution in [3.05, 3.63) is 34.8 Å². The monoisotopic (exact) mass is 332 g/mol. The molecule has 8 heteroatoms. The number of nitrogens with one attached hydrogen (secondary N) is 2. The van der Waals surface area contributed by atoms with Gasteiger partial charge in [0.15, 0.2) is 0 Å². The van der Waals surface area contributed by atoms with Crippen LogP contribution in [0.15, 0.2) is 23.6 Å². The predicted octanol–water partition coefficient (Wildman–Crippen LogP) is 2.40. The lowest BCUT2D eigenvalue weighted by atomic mass is 10.1. The second-order valence-corrected chi connectivity index (χ2v) is 6.05. The van der Waals surface area contributed by atoms with Gasteiger partial charge in [-0.05, 0) is 27.2 Å². The van der Waals surface area contributed by atoms with Crippen LogP contribution in [0.5, 0.6) is 5.88 Å². The Bertz CT molecular complexity index is 836. The number of anilines is 1. The molecule has 0 aliphatic rings. The number of pyridine rings is 1. The number of rotatable bonds is 4. The van der Waals surface area contributed by atoms with E-state index in [9.17, 15) is 9.59 Å². The molecule has 0 saturated carbocycles. The summed E-state index contributed by atoms with van der Waals surface area (Å²) in [5, 5.41) is 2.64. The Balaban J connectivity index is 2.51. The third kappa shape index (κ3) is 3.89. The summed E-state index contributed by atoms with van der Waals surface area (Å²) < 4.78 is 10.3. The molecular formula is C16H20N4O4. The Morgan fingerprint density at radius 3 is 2.75 bits per heavy atom. The van der Waals surface area contributed by atoms with Crippen molar-refractivity contribution in [1.82, 2.24) is 15.0 Å². The van der Waals surface area contributed by atoms with E-state index in [-0.39, 0.29) is 17.2 Å². The predicted molar refractivity (Wildman–Crippen MR) is 90.5 cm³/mol. The molecular weight excluding hydrogens is 312 g/mol. The Kier molecular flexibility index (Phi) is 4.87. The van der Waals surface area contributed by atoms with E-state index in [0.29, 0.717) is 17.5 Å². The van der Waals surface area contributed by atoms with Crippen LogP contribution < -0.4 is 15.6 Å². The number of carbonyl (C=O) groups is 1. The van der Waals surface area contributed by atoms with Crippen molar-refractivity contribution in [2.45, 2.75) is 32.8 Å². The molecule has 0 spiro atoms. The van der Waals surface area contributed by atoms with Gasteiger partial charge in [0.2, 0.25) is 11.8 Å². The highest BCUT2D eigenvalue weighted by Gasteiger charge is 2.19. The largest absolute Gasteiger partial charge is 0.480 e. The maximum absolute atomic E-state index is 12.4. The van der Waals surface area contributed by atoms with E-state index < -0.39 is 17.3 Å². The number of carbonyl (C=O) groups excluding carboxylic acids is 1. The number of fused-ring (bicyclic) bond motifs is 1. The van der Waals surface area contributed by atoms with Crippen LogP contribution in [0.2, 0.25) is 0 Å². The third-order valence-electron chi connectivity index (χ3n) is 2.95. The van der Waals surface area contributed by atoms with Crippen molar-refractivity contribution in [1.29, 1.82) is 0 Å². The van der Waals surface area contributed by atoms with E-state index in [2.05, 4.69) is 26.8 Å². The van der Waals surface area contributed by atoms with Crippen LogP contribution in [0.4, 0.5) is 10.7 Å². The molecule has 0 aromatic carbocycles. The smallest absolute Gasteiger partial charge is 0.414 e.